The number of furan rings is 1. The maximum atomic E-state index is 5.38. The van der Waals surface area contributed by atoms with Crippen molar-refractivity contribution in [2.24, 2.45) is 17.8 Å². The van der Waals surface area contributed by atoms with Gasteiger partial charge in [0.15, 0.2) is 0 Å². The van der Waals surface area contributed by atoms with Crippen LogP contribution in [0.5, 0.6) is 0 Å². The van der Waals surface area contributed by atoms with Crippen LogP contribution >= 0.6 is 0 Å². The lowest BCUT2D eigenvalue weighted by molar-refractivity contribution is 0.351. The first-order valence-electron chi connectivity index (χ1n) is 7.58. The van der Waals surface area contributed by atoms with Crippen LogP contribution < -0.4 is 5.32 Å². The Balaban J connectivity index is 1.36. The van der Waals surface area contributed by atoms with Crippen molar-refractivity contribution in [1.82, 2.24) is 5.32 Å². The Morgan fingerprint density at radius 1 is 1.28 bits per heavy atom. The van der Waals surface area contributed by atoms with Crippen LogP contribution in [0.4, 0.5) is 0 Å². The number of aryl methyl sites for hydroxylation is 1. The van der Waals surface area contributed by atoms with Crippen LogP contribution in [0.2, 0.25) is 0 Å². The van der Waals surface area contributed by atoms with E-state index >= 15 is 0 Å². The lowest BCUT2D eigenvalue weighted by Gasteiger charge is -2.20. The number of hydrogen-bond donors (Lipinski definition) is 1. The quantitative estimate of drug-likeness (QED) is 0.759. The maximum Gasteiger partial charge on any atom is 0.103 e. The molecule has 2 aliphatic rings. The second kappa shape index (κ2) is 5.48. The Morgan fingerprint density at radius 2 is 2.00 bits per heavy atom. The molecule has 18 heavy (non-hydrogen) atoms. The van der Waals surface area contributed by atoms with Gasteiger partial charge < -0.3 is 9.73 Å². The molecular weight excluding hydrogens is 222 g/mol. The van der Waals surface area contributed by atoms with Crippen LogP contribution in [0.25, 0.3) is 0 Å². The first-order chi connectivity index (χ1) is 8.83. The number of nitrogens with one attached hydrogen (secondary N) is 1. The zero-order chi connectivity index (χ0) is 12.4. The van der Waals surface area contributed by atoms with Crippen molar-refractivity contribution in [2.75, 3.05) is 6.54 Å². The fourth-order valence-corrected chi connectivity index (χ4v) is 3.02. The average Bonchev–Trinajstić information content (AvgIpc) is 3.29. The lowest BCUT2D eigenvalue weighted by atomic mass is 9.97. The van der Waals surface area contributed by atoms with Gasteiger partial charge in [-0.25, -0.2) is 0 Å². The van der Waals surface area contributed by atoms with E-state index in [-0.39, 0.29) is 0 Å². The summed E-state index contributed by atoms with van der Waals surface area (Å²) < 4.78 is 5.38. The summed E-state index contributed by atoms with van der Waals surface area (Å²) in [6.07, 6.45) is 9.96. The molecule has 2 heteroatoms. The lowest BCUT2D eigenvalue weighted by Crippen LogP contribution is -2.33. The molecule has 2 fully saturated rings. The summed E-state index contributed by atoms with van der Waals surface area (Å²) in [5.41, 5.74) is 0. The molecule has 2 nitrogen and oxygen atoms in total. The molecule has 0 aromatic carbocycles. The SMILES string of the molecule is CC(CCc1ccco1)NCC(C1CC1)C1CC1. The van der Waals surface area contributed by atoms with E-state index in [1.165, 1.54) is 38.6 Å². The summed E-state index contributed by atoms with van der Waals surface area (Å²) in [6, 6.07) is 4.66. The topological polar surface area (TPSA) is 25.2 Å². The largest absolute Gasteiger partial charge is 0.469 e. The molecule has 1 N–H and O–H groups in total. The molecule has 1 atom stereocenters. The van der Waals surface area contributed by atoms with Gasteiger partial charge in [-0.1, -0.05) is 0 Å². The fraction of sp³-hybridized carbons (Fsp3) is 0.750. The van der Waals surface area contributed by atoms with Gasteiger partial charge in [-0.15, -0.1) is 0 Å². The van der Waals surface area contributed by atoms with Gasteiger partial charge in [0.25, 0.3) is 0 Å². The van der Waals surface area contributed by atoms with E-state index in [9.17, 15) is 0 Å². The Morgan fingerprint density at radius 3 is 2.56 bits per heavy atom. The average molecular weight is 247 g/mol. The van der Waals surface area contributed by atoms with Gasteiger partial charge >= 0.3 is 0 Å². The van der Waals surface area contributed by atoms with Gasteiger partial charge in [0, 0.05) is 12.5 Å². The zero-order valence-corrected chi connectivity index (χ0v) is 11.4. The Labute approximate surface area is 110 Å². The molecule has 0 radical (unpaired) electrons. The van der Waals surface area contributed by atoms with E-state index in [1.54, 1.807) is 6.26 Å². The second-order valence-corrected chi connectivity index (χ2v) is 6.27. The van der Waals surface area contributed by atoms with Crippen molar-refractivity contribution >= 4 is 0 Å². The van der Waals surface area contributed by atoms with E-state index in [1.807, 2.05) is 6.07 Å². The molecule has 0 aliphatic heterocycles. The second-order valence-electron chi connectivity index (χ2n) is 6.27. The molecule has 1 unspecified atom stereocenters. The van der Waals surface area contributed by atoms with Crippen LogP contribution in [0.15, 0.2) is 22.8 Å². The highest BCUT2D eigenvalue weighted by molar-refractivity contribution is 4.98. The van der Waals surface area contributed by atoms with Gasteiger partial charge in [0.2, 0.25) is 0 Å². The monoisotopic (exact) mass is 247 g/mol. The van der Waals surface area contributed by atoms with E-state index in [0.717, 1.165) is 29.9 Å². The van der Waals surface area contributed by atoms with Gasteiger partial charge in [0.05, 0.1) is 6.26 Å². The molecule has 0 spiro atoms. The molecule has 0 saturated heterocycles. The molecule has 100 valence electrons. The standard InChI is InChI=1S/C16H25NO/c1-12(4-9-15-3-2-10-18-15)17-11-16(13-5-6-13)14-7-8-14/h2-3,10,12-14,16-17H,4-9,11H2,1H3. The number of rotatable bonds is 8. The molecule has 0 amide bonds. The summed E-state index contributed by atoms with van der Waals surface area (Å²) >= 11 is 0. The van der Waals surface area contributed by atoms with E-state index < -0.39 is 0 Å². The molecule has 1 aromatic rings. The van der Waals surface area contributed by atoms with Crippen molar-refractivity contribution in [1.29, 1.82) is 0 Å². The third kappa shape index (κ3) is 3.38. The smallest absolute Gasteiger partial charge is 0.103 e. The summed E-state index contributed by atoms with van der Waals surface area (Å²) in [4.78, 5) is 0. The van der Waals surface area contributed by atoms with E-state index in [4.69, 9.17) is 4.42 Å². The first-order valence-corrected chi connectivity index (χ1v) is 7.58. The first kappa shape index (κ1) is 12.3. The molecule has 1 heterocycles. The Kier molecular flexibility index (Phi) is 3.74. The Bertz CT molecular complexity index is 339. The van der Waals surface area contributed by atoms with Crippen LogP contribution in [-0.4, -0.2) is 12.6 Å². The van der Waals surface area contributed by atoms with Crippen molar-refractivity contribution in [3.63, 3.8) is 0 Å². The number of hydrogen-bond acceptors (Lipinski definition) is 2. The van der Waals surface area contributed by atoms with Crippen LogP contribution in [0, 0.1) is 17.8 Å². The minimum Gasteiger partial charge on any atom is -0.469 e. The van der Waals surface area contributed by atoms with Crippen LogP contribution in [0.3, 0.4) is 0 Å². The highest BCUT2D eigenvalue weighted by Gasteiger charge is 2.40. The molecule has 2 aliphatic carbocycles. The summed E-state index contributed by atoms with van der Waals surface area (Å²) in [5, 5.41) is 3.75. The molecule has 1 aromatic heterocycles. The zero-order valence-electron chi connectivity index (χ0n) is 11.4. The predicted octanol–water partition coefficient (Wildman–Crippen LogP) is 3.63. The fourth-order valence-electron chi connectivity index (χ4n) is 3.02. The minimum atomic E-state index is 0.607. The van der Waals surface area contributed by atoms with Crippen molar-refractivity contribution in [3.05, 3.63) is 24.2 Å². The van der Waals surface area contributed by atoms with E-state index in [2.05, 4.69) is 18.3 Å². The van der Waals surface area contributed by atoms with Crippen LogP contribution in [-0.2, 0) is 6.42 Å². The Hall–Kier alpha value is -0.760. The summed E-state index contributed by atoms with van der Waals surface area (Å²) in [5.74, 6) is 4.21. The third-order valence-electron chi connectivity index (χ3n) is 4.56. The van der Waals surface area contributed by atoms with Crippen molar-refractivity contribution in [3.8, 4) is 0 Å². The van der Waals surface area contributed by atoms with Gasteiger partial charge in [0.1, 0.15) is 5.76 Å². The molecular formula is C16H25NO. The normalized spacial score (nSPS) is 21.4. The van der Waals surface area contributed by atoms with Gasteiger partial charge in [-0.2, -0.15) is 0 Å². The van der Waals surface area contributed by atoms with Gasteiger partial charge in [-0.3, -0.25) is 0 Å². The molecule has 0 bridgehead atoms. The third-order valence-corrected chi connectivity index (χ3v) is 4.56. The van der Waals surface area contributed by atoms with Gasteiger partial charge in [-0.05, 0) is 75.5 Å². The molecule has 2 saturated carbocycles. The minimum absolute atomic E-state index is 0.607. The van der Waals surface area contributed by atoms with E-state index in [0.29, 0.717) is 6.04 Å². The maximum absolute atomic E-state index is 5.38. The molecule has 3 rings (SSSR count). The predicted molar refractivity (Wildman–Crippen MR) is 73.4 cm³/mol. The summed E-state index contributed by atoms with van der Waals surface area (Å²) in [6.45, 7) is 3.55. The van der Waals surface area contributed by atoms with Crippen molar-refractivity contribution < 1.29 is 4.42 Å². The highest BCUT2D eigenvalue weighted by atomic mass is 16.3. The van der Waals surface area contributed by atoms with Crippen molar-refractivity contribution in [2.45, 2.75) is 51.5 Å². The van der Waals surface area contributed by atoms with Crippen LogP contribution in [0.1, 0.15) is 44.8 Å². The highest BCUT2D eigenvalue weighted by Crippen LogP contribution is 2.48. The summed E-state index contributed by atoms with van der Waals surface area (Å²) in [7, 11) is 0.